The van der Waals surface area contributed by atoms with E-state index in [1.165, 1.54) is 30.1 Å². The fourth-order valence-electron chi connectivity index (χ4n) is 3.46. The second-order valence-corrected chi connectivity index (χ2v) is 9.38. The first-order valence-corrected chi connectivity index (χ1v) is 11.0. The third kappa shape index (κ3) is 6.57. The minimum absolute atomic E-state index is 0.000764. The van der Waals surface area contributed by atoms with Crippen molar-refractivity contribution >= 4 is 17.5 Å². The van der Waals surface area contributed by atoms with Gasteiger partial charge in [0.05, 0.1) is 16.1 Å². The van der Waals surface area contributed by atoms with Crippen molar-refractivity contribution in [1.29, 1.82) is 0 Å². The van der Waals surface area contributed by atoms with E-state index in [0.29, 0.717) is 12.1 Å². The molecule has 0 aliphatic carbocycles. The number of halogens is 4. The number of carbonyl (C=O) groups excluding carboxylic acids is 1. The zero-order valence-electron chi connectivity index (χ0n) is 18.8. The molecule has 0 aliphatic rings. The first kappa shape index (κ1) is 24.8. The van der Waals surface area contributed by atoms with Gasteiger partial charge in [0.15, 0.2) is 0 Å². The zero-order valence-corrected chi connectivity index (χ0v) is 19.5. The minimum Gasteiger partial charge on any atom is -0.334 e. The molecule has 2 aromatic carbocycles. The molecule has 33 heavy (non-hydrogen) atoms. The van der Waals surface area contributed by atoms with Crippen molar-refractivity contribution in [2.45, 2.75) is 45.3 Å². The molecule has 3 nitrogen and oxygen atoms in total. The number of alkyl halides is 3. The van der Waals surface area contributed by atoms with Gasteiger partial charge in [-0.2, -0.15) is 13.2 Å². The molecule has 7 heteroatoms. The monoisotopic (exact) mass is 474 g/mol. The van der Waals surface area contributed by atoms with Crippen molar-refractivity contribution in [3.05, 3.63) is 99.8 Å². The third-order valence-corrected chi connectivity index (χ3v) is 5.73. The van der Waals surface area contributed by atoms with Gasteiger partial charge in [-0.25, -0.2) is 0 Å². The Kier molecular flexibility index (Phi) is 7.48. The van der Waals surface area contributed by atoms with E-state index >= 15 is 0 Å². The Balaban J connectivity index is 1.84. The molecule has 0 spiro atoms. The number of carbonyl (C=O) groups is 1. The van der Waals surface area contributed by atoms with Crippen LogP contribution in [0.1, 0.15) is 53.4 Å². The average Bonchev–Trinajstić information content (AvgIpc) is 2.76. The lowest BCUT2D eigenvalue weighted by molar-refractivity contribution is -0.137. The summed E-state index contributed by atoms with van der Waals surface area (Å²) in [5.74, 6) is -0.319. The molecule has 1 aromatic heterocycles. The summed E-state index contributed by atoms with van der Waals surface area (Å²) < 4.78 is 39.2. The van der Waals surface area contributed by atoms with Crippen molar-refractivity contribution in [1.82, 2.24) is 9.88 Å². The molecule has 0 aliphatic heterocycles. The van der Waals surface area contributed by atoms with Crippen LogP contribution in [0.2, 0.25) is 5.02 Å². The molecule has 0 unspecified atom stereocenters. The Morgan fingerprint density at radius 1 is 0.970 bits per heavy atom. The predicted molar refractivity (Wildman–Crippen MR) is 124 cm³/mol. The van der Waals surface area contributed by atoms with Gasteiger partial charge in [0.1, 0.15) is 0 Å². The molecule has 3 aromatic rings. The lowest BCUT2D eigenvalue weighted by atomic mass is 9.87. The normalized spacial score (nSPS) is 12.0. The highest BCUT2D eigenvalue weighted by molar-refractivity contribution is 6.33. The number of nitrogens with zero attached hydrogens (tertiary/aromatic N) is 2. The summed E-state index contributed by atoms with van der Waals surface area (Å²) in [4.78, 5) is 18.9. The van der Waals surface area contributed by atoms with Crippen LogP contribution in [0.25, 0.3) is 0 Å². The fraction of sp³-hybridized carbons (Fsp3) is 0.308. The molecule has 0 saturated heterocycles. The van der Waals surface area contributed by atoms with E-state index in [1.807, 2.05) is 24.3 Å². The summed E-state index contributed by atoms with van der Waals surface area (Å²) in [5.41, 5.74) is 2.15. The second kappa shape index (κ2) is 9.96. The van der Waals surface area contributed by atoms with Gasteiger partial charge in [0.2, 0.25) is 0 Å². The summed E-state index contributed by atoms with van der Waals surface area (Å²) in [7, 11) is 0. The van der Waals surface area contributed by atoms with Crippen molar-refractivity contribution < 1.29 is 18.0 Å². The molecule has 0 bridgehead atoms. The Hall–Kier alpha value is -2.86. The van der Waals surface area contributed by atoms with Crippen molar-refractivity contribution in [3.8, 4) is 0 Å². The van der Waals surface area contributed by atoms with Gasteiger partial charge in [-0.3, -0.25) is 9.78 Å². The van der Waals surface area contributed by atoms with Gasteiger partial charge in [-0.05, 0) is 40.7 Å². The highest BCUT2D eigenvalue weighted by atomic mass is 35.5. The van der Waals surface area contributed by atoms with Gasteiger partial charge >= 0.3 is 6.18 Å². The zero-order chi connectivity index (χ0) is 24.2. The average molecular weight is 475 g/mol. The number of pyridine rings is 1. The first-order chi connectivity index (χ1) is 15.4. The molecule has 3 rings (SSSR count). The number of amides is 1. The highest BCUT2D eigenvalue weighted by Crippen LogP contribution is 2.30. The number of aromatic nitrogens is 1. The summed E-state index contributed by atoms with van der Waals surface area (Å²) >= 11 is 6.21. The molecule has 174 valence electrons. The van der Waals surface area contributed by atoms with Gasteiger partial charge in [-0.1, -0.05) is 74.8 Å². The summed E-state index contributed by atoms with van der Waals surface area (Å²) in [6.45, 7) is 6.89. The van der Waals surface area contributed by atoms with E-state index < -0.39 is 11.7 Å². The molecule has 0 atom stereocenters. The van der Waals surface area contributed by atoms with Crippen molar-refractivity contribution in [2.24, 2.45) is 0 Å². The molecular formula is C26H26ClF3N2O. The SMILES string of the molecule is CC(C)(C)c1ccc(CN(CCc2cccc(C(F)(F)F)c2)C(=O)c2cnccc2Cl)cc1. The third-order valence-electron chi connectivity index (χ3n) is 5.40. The number of hydrogen-bond acceptors (Lipinski definition) is 2. The summed E-state index contributed by atoms with van der Waals surface area (Å²) in [6, 6.07) is 14.7. The van der Waals surface area contributed by atoms with Crippen LogP contribution in [-0.2, 0) is 24.6 Å². The topological polar surface area (TPSA) is 33.2 Å². The largest absolute Gasteiger partial charge is 0.416 e. The molecule has 0 fully saturated rings. The van der Waals surface area contributed by atoms with Crippen LogP contribution >= 0.6 is 11.6 Å². The lowest BCUT2D eigenvalue weighted by Crippen LogP contribution is -2.33. The van der Waals surface area contributed by atoms with E-state index in [0.717, 1.165) is 17.7 Å². The van der Waals surface area contributed by atoms with Crippen LogP contribution in [0.5, 0.6) is 0 Å². The van der Waals surface area contributed by atoms with Crippen LogP contribution < -0.4 is 0 Å². The standard InChI is InChI=1S/C26H26ClF3N2O/c1-25(2,3)20-9-7-19(8-10-20)17-32(24(33)22-16-31-13-11-23(22)27)14-12-18-5-4-6-21(15-18)26(28,29)30/h4-11,13,15-16H,12,14,17H2,1-3H3. The van der Waals surface area contributed by atoms with E-state index in [9.17, 15) is 18.0 Å². The van der Waals surface area contributed by atoms with E-state index in [1.54, 1.807) is 11.0 Å². The molecule has 0 saturated carbocycles. The summed E-state index contributed by atoms with van der Waals surface area (Å²) in [6.07, 6.45) is -1.24. The maximum Gasteiger partial charge on any atom is 0.416 e. The van der Waals surface area contributed by atoms with Gasteiger partial charge in [0.25, 0.3) is 5.91 Å². The smallest absolute Gasteiger partial charge is 0.334 e. The molecule has 1 heterocycles. The number of rotatable bonds is 6. The van der Waals surface area contributed by atoms with Crippen LogP contribution in [0.4, 0.5) is 13.2 Å². The van der Waals surface area contributed by atoms with Crippen LogP contribution in [0, 0.1) is 0 Å². The van der Waals surface area contributed by atoms with Gasteiger partial charge < -0.3 is 4.90 Å². The molecule has 1 amide bonds. The Labute approximate surface area is 197 Å². The van der Waals surface area contributed by atoms with E-state index in [-0.39, 0.29) is 34.9 Å². The quantitative estimate of drug-likeness (QED) is 0.388. The maximum absolute atomic E-state index is 13.3. The van der Waals surface area contributed by atoms with Gasteiger partial charge in [0, 0.05) is 25.5 Å². The Morgan fingerprint density at radius 3 is 2.27 bits per heavy atom. The van der Waals surface area contributed by atoms with Crippen LogP contribution in [0.15, 0.2) is 67.0 Å². The number of benzene rings is 2. The highest BCUT2D eigenvalue weighted by Gasteiger charge is 2.30. The molecule has 0 radical (unpaired) electrons. The Bertz CT molecular complexity index is 1110. The Morgan fingerprint density at radius 2 is 1.67 bits per heavy atom. The van der Waals surface area contributed by atoms with E-state index in [2.05, 4.69) is 25.8 Å². The molecule has 0 N–H and O–H groups in total. The fourth-order valence-corrected chi connectivity index (χ4v) is 3.64. The number of hydrogen-bond donors (Lipinski definition) is 0. The van der Waals surface area contributed by atoms with Gasteiger partial charge in [-0.15, -0.1) is 0 Å². The van der Waals surface area contributed by atoms with Crippen LogP contribution in [0.3, 0.4) is 0 Å². The van der Waals surface area contributed by atoms with Crippen LogP contribution in [-0.4, -0.2) is 22.3 Å². The van der Waals surface area contributed by atoms with Crippen molar-refractivity contribution in [3.63, 3.8) is 0 Å². The van der Waals surface area contributed by atoms with Crippen molar-refractivity contribution in [2.75, 3.05) is 6.54 Å². The first-order valence-electron chi connectivity index (χ1n) is 10.6. The minimum atomic E-state index is -4.41. The second-order valence-electron chi connectivity index (χ2n) is 8.98. The lowest BCUT2D eigenvalue weighted by Gasteiger charge is -2.24. The molecular weight excluding hydrogens is 449 g/mol. The maximum atomic E-state index is 13.3. The summed E-state index contributed by atoms with van der Waals surface area (Å²) in [5, 5.41) is 0.280. The van der Waals surface area contributed by atoms with E-state index in [4.69, 9.17) is 11.6 Å². The predicted octanol–water partition coefficient (Wildman–Crippen LogP) is 6.94.